The third-order valence-electron chi connectivity index (χ3n) is 4.10. The minimum absolute atomic E-state index is 0.915. The molecule has 0 aromatic heterocycles. The summed E-state index contributed by atoms with van der Waals surface area (Å²) in [5.41, 5.74) is 0. The maximum Gasteiger partial charge on any atom is 0.337 e. The molecule has 11 heteroatoms. The second-order valence-electron chi connectivity index (χ2n) is 5.73. The van der Waals surface area contributed by atoms with E-state index in [4.69, 9.17) is 14.2 Å². The number of aliphatic hydroxyl groups is 6. The molecule has 0 radical (unpaired) electrons. The zero-order valence-corrected chi connectivity index (χ0v) is 13.0. The van der Waals surface area contributed by atoms with Crippen molar-refractivity contribution in [2.75, 3.05) is 7.11 Å². The molecule has 10 atom stereocenters. The molecule has 0 amide bonds. The van der Waals surface area contributed by atoms with Crippen LogP contribution in [0.4, 0.5) is 0 Å². The van der Waals surface area contributed by atoms with Crippen molar-refractivity contribution in [3.63, 3.8) is 0 Å². The summed E-state index contributed by atoms with van der Waals surface area (Å²) < 4.78 is 19.9. The first kappa shape index (κ1) is 19.4. The van der Waals surface area contributed by atoms with Crippen molar-refractivity contribution in [1.29, 1.82) is 0 Å². The maximum atomic E-state index is 11.8. The fraction of sp³-hybridized carbons (Fsp3) is 0.923. The maximum absolute atomic E-state index is 11.8. The van der Waals surface area contributed by atoms with Gasteiger partial charge in [0.1, 0.15) is 36.6 Å². The molecule has 1 unspecified atom stereocenters. The van der Waals surface area contributed by atoms with Crippen molar-refractivity contribution in [3.05, 3.63) is 0 Å². The molecule has 2 fully saturated rings. The van der Waals surface area contributed by atoms with Crippen LogP contribution in [-0.4, -0.2) is 105 Å². The molecular weight excluding hydrogens is 332 g/mol. The Kier molecular flexibility index (Phi) is 6.12. The van der Waals surface area contributed by atoms with E-state index in [2.05, 4.69) is 4.74 Å². The summed E-state index contributed by atoms with van der Waals surface area (Å²) in [6.45, 7) is 1.42. The van der Waals surface area contributed by atoms with E-state index >= 15 is 0 Å². The van der Waals surface area contributed by atoms with E-state index in [1.54, 1.807) is 0 Å². The Morgan fingerprint density at radius 1 is 0.875 bits per heavy atom. The number of carbonyl (C=O) groups excluding carboxylic acids is 1. The number of hydrogen-bond acceptors (Lipinski definition) is 11. The fourth-order valence-corrected chi connectivity index (χ4v) is 2.59. The zero-order valence-electron chi connectivity index (χ0n) is 13.0. The third-order valence-corrected chi connectivity index (χ3v) is 4.10. The van der Waals surface area contributed by atoms with Crippen molar-refractivity contribution in [1.82, 2.24) is 0 Å². The average molecular weight is 354 g/mol. The van der Waals surface area contributed by atoms with Crippen molar-refractivity contribution >= 4 is 5.97 Å². The Morgan fingerprint density at radius 3 is 2.08 bits per heavy atom. The van der Waals surface area contributed by atoms with Gasteiger partial charge in [0, 0.05) is 0 Å². The standard InChI is InChI=1S/C13H22O11/c1-3-4(14)5(15)8(18)13(22-3)24-9-6(16)7(17)11(19)23-10(9)12(20)21-2/h3-11,13-19H,1-2H3/t3-,4-,5+,6+,7+,8+,9-,10-,11?,13-/m0/s1. The molecule has 0 aromatic rings. The first-order valence-electron chi connectivity index (χ1n) is 7.31. The van der Waals surface area contributed by atoms with Crippen LogP contribution in [0.1, 0.15) is 6.92 Å². The minimum Gasteiger partial charge on any atom is -0.467 e. The molecule has 0 saturated carbocycles. The lowest BCUT2D eigenvalue weighted by Crippen LogP contribution is -2.64. The van der Waals surface area contributed by atoms with Gasteiger partial charge in [-0.05, 0) is 6.92 Å². The SMILES string of the molecule is COC(=O)[C@H]1OC(O)[C@H](O)[C@@H](O)[C@@H]1O[C@@H]1O[C@@H](C)[C@H](O)[C@@H](O)[C@H]1O. The van der Waals surface area contributed by atoms with E-state index in [1.807, 2.05) is 0 Å². The van der Waals surface area contributed by atoms with Gasteiger partial charge in [0.15, 0.2) is 18.7 Å². The summed E-state index contributed by atoms with van der Waals surface area (Å²) in [5.74, 6) is -0.996. The largest absolute Gasteiger partial charge is 0.467 e. The first-order chi connectivity index (χ1) is 11.2. The van der Waals surface area contributed by atoms with Gasteiger partial charge in [-0.15, -0.1) is 0 Å². The van der Waals surface area contributed by atoms with Gasteiger partial charge in [-0.25, -0.2) is 4.79 Å². The molecule has 0 aromatic carbocycles. The van der Waals surface area contributed by atoms with Crippen molar-refractivity contribution < 1.29 is 54.4 Å². The number of rotatable bonds is 3. The van der Waals surface area contributed by atoms with Gasteiger partial charge in [0.25, 0.3) is 0 Å². The highest BCUT2D eigenvalue weighted by Crippen LogP contribution is 2.28. The predicted octanol–water partition coefficient (Wildman–Crippen LogP) is -4.19. The monoisotopic (exact) mass is 354 g/mol. The lowest BCUT2D eigenvalue weighted by atomic mass is 9.97. The van der Waals surface area contributed by atoms with Crippen molar-refractivity contribution in [2.45, 2.75) is 68.3 Å². The second kappa shape index (κ2) is 7.56. The van der Waals surface area contributed by atoms with E-state index in [9.17, 15) is 35.4 Å². The normalized spacial score (nSPS) is 49.7. The first-order valence-corrected chi connectivity index (χ1v) is 7.31. The molecule has 11 nitrogen and oxygen atoms in total. The Labute approximate surface area is 136 Å². The van der Waals surface area contributed by atoms with Crippen LogP contribution in [0.3, 0.4) is 0 Å². The van der Waals surface area contributed by atoms with E-state index in [0.717, 1.165) is 7.11 Å². The summed E-state index contributed by atoms with van der Waals surface area (Å²) in [7, 11) is 1.04. The molecule has 2 saturated heterocycles. The van der Waals surface area contributed by atoms with Crippen molar-refractivity contribution in [2.24, 2.45) is 0 Å². The van der Waals surface area contributed by atoms with Gasteiger partial charge in [-0.2, -0.15) is 0 Å². The highest BCUT2D eigenvalue weighted by Gasteiger charge is 2.52. The van der Waals surface area contributed by atoms with Crippen LogP contribution < -0.4 is 0 Å². The second-order valence-corrected chi connectivity index (χ2v) is 5.73. The molecular formula is C13H22O11. The number of esters is 1. The molecule has 140 valence electrons. The summed E-state index contributed by atoms with van der Waals surface area (Å²) in [6, 6.07) is 0. The van der Waals surface area contributed by atoms with Crippen LogP contribution in [0.15, 0.2) is 0 Å². The number of methoxy groups -OCH3 is 1. The number of ether oxygens (including phenoxy) is 4. The van der Waals surface area contributed by atoms with Crippen LogP contribution in [0.5, 0.6) is 0 Å². The topological polar surface area (TPSA) is 175 Å². The van der Waals surface area contributed by atoms with Crippen LogP contribution in [0.25, 0.3) is 0 Å². The third kappa shape index (κ3) is 3.54. The van der Waals surface area contributed by atoms with Gasteiger partial charge in [0.2, 0.25) is 0 Å². The highest BCUT2D eigenvalue weighted by atomic mass is 16.7. The Bertz CT molecular complexity index is 446. The molecule has 2 heterocycles. The zero-order chi connectivity index (χ0) is 18.2. The number of aliphatic hydroxyl groups excluding tert-OH is 6. The molecule has 0 bridgehead atoms. The van der Waals surface area contributed by atoms with Gasteiger partial charge in [-0.3, -0.25) is 0 Å². The smallest absolute Gasteiger partial charge is 0.337 e. The van der Waals surface area contributed by atoms with Crippen LogP contribution in [0.2, 0.25) is 0 Å². The summed E-state index contributed by atoms with van der Waals surface area (Å²) in [6.07, 6.45) is -15.7. The molecule has 0 spiro atoms. The number of carbonyl (C=O) groups is 1. The summed E-state index contributed by atoms with van der Waals surface area (Å²) in [5, 5.41) is 58.6. The Hall–Kier alpha value is -0.890. The summed E-state index contributed by atoms with van der Waals surface area (Å²) >= 11 is 0. The minimum atomic E-state index is -1.85. The quantitative estimate of drug-likeness (QED) is 0.271. The van der Waals surface area contributed by atoms with Gasteiger partial charge in [0.05, 0.1) is 13.2 Å². The Balaban J connectivity index is 2.18. The molecule has 6 N–H and O–H groups in total. The average Bonchev–Trinajstić information content (AvgIpc) is 2.56. The van der Waals surface area contributed by atoms with Crippen LogP contribution in [0, 0.1) is 0 Å². The van der Waals surface area contributed by atoms with Crippen LogP contribution >= 0.6 is 0 Å². The molecule has 2 aliphatic heterocycles. The predicted molar refractivity (Wildman–Crippen MR) is 72.1 cm³/mol. The summed E-state index contributed by atoms with van der Waals surface area (Å²) in [4.78, 5) is 11.8. The van der Waals surface area contributed by atoms with Gasteiger partial charge in [-0.1, -0.05) is 0 Å². The van der Waals surface area contributed by atoms with Gasteiger partial charge < -0.3 is 49.6 Å². The molecule has 2 aliphatic rings. The molecule has 24 heavy (non-hydrogen) atoms. The van der Waals surface area contributed by atoms with E-state index in [-0.39, 0.29) is 0 Å². The molecule has 0 aliphatic carbocycles. The van der Waals surface area contributed by atoms with E-state index in [1.165, 1.54) is 6.92 Å². The number of hydrogen-bond donors (Lipinski definition) is 6. The van der Waals surface area contributed by atoms with Gasteiger partial charge >= 0.3 is 5.97 Å². The van der Waals surface area contributed by atoms with E-state index in [0.29, 0.717) is 0 Å². The lowest BCUT2D eigenvalue weighted by Gasteiger charge is -2.44. The lowest BCUT2D eigenvalue weighted by molar-refractivity contribution is -0.347. The molecule has 2 rings (SSSR count). The fourth-order valence-electron chi connectivity index (χ4n) is 2.59. The highest BCUT2D eigenvalue weighted by molar-refractivity contribution is 5.75. The van der Waals surface area contributed by atoms with E-state index < -0.39 is 67.4 Å². The Morgan fingerprint density at radius 2 is 1.50 bits per heavy atom. The van der Waals surface area contributed by atoms with Crippen molar-refractivity contribution in [3.8, 4) is 0 Å². The van der Waals surface area contributed by atoms with Crippen LogP contribution in [-0.2, 0) is 23.7 Å².